The van der Waals surface area contributed by atoms with E-state index >= 15 is 0 Å². The molecular formula is C22H27N5O5S. The van der Waals surface area contributed by atoms with Gasteiger partial charge in [-0.3, -0.25) is 14.3 Å². The minimum Gasteiger partial charge on any atom is -0.494 e. The van der Waals surface area contributed by atoms with Gasteiger partial charge in [0.25, 0.3) is 0 Å². The molecule has 10 nitrogen and oxygen atoms in total. The lowest BCUT2D eigenvalue weighted by Gasteiger charge is -2.41. The number of hydrogen-bond acceptors (Lipinski definition) is 8. The first-order valence-corrected chi connectivity index (χ1v) is 11.7. The van der Waals surface area contributed by atoms with Gasteiger partial charge in [-0.25, -0.2) is 4.21 Å². The summed E-state index contributed by atoms with van der Waals surface area (Å²) in [5, 5.41) is 19.1. The molecule has 1 aliphatic heterocycles. The summed E-state index contributed by atoms with van der Waals surface area (Å²) in [5.41, 5.74) is 1.80. The zero-order chi connectivity index (χ0) is 23.6. The van der Waals surface area contributed by atoms with Gasteiger partial charge in [-0.2, -0.15) is 0 Å². The van der Waals surface area contributed by atoms with Crippen molar-refractivity contribution in [1.29, 1.82) is 0 Å². The number of nitrogens with one attached hydrogen (secondary N) is 1. The van der Waals surface area contributed by atoms with E-state index in [1.54, 1.807) is 43.3 Å². The highest BCUT2D eigenvalue weighted by Crippen LogP contribution is 2.38. The van der Waals surface area contributed by atoms with Crippen LogP contribution in [0.4, 0.5) is 5.95 Å². The van der Waals surface area contributed by atoms with E-state index in [-0.39, 0.29) is 11.7 Å². The number of nitrogens with zero attached hydrogens (tertiary/aromatic N) is 4. The Morgan fingerprint density at radius 2 is 1.94 bits per heavy atom. The van der Waals surface area contributed by atoms with Crippen LogP contribution < -0.4 is 14.2 Å². The Labute approximate surface area is 194 Å². The Balaban J connectivity index is 1.77. The third kappa shape index (κ3) is 4.56. The molecule has 3 heterocycles. The van der Waals surface area contributed by atoms with Gasteiger partial charge in [0, 0.05) is 23.4 Å². The number of aromatic nitrogens is 4. The van der Waals surface area contributed by atoms with Crippen molar-refractivity contribution in [2.24, 2.45) is 5.41 Å². The molecule has 2 aromatic heterocycles. The van der Waals surface area contributed by atoms with Crippen molar-refractivity contribution in [2.75, 3.05) is 37.9 Å². The van der Waals surface area contributed by atoms with E-state index in [4.69, 9.17) is 14.2 Å². The number of rotatable bonds is 9. The lowest BCUT2D eigenvalue weighted by Crippen LogP contribution is -2.51. The standard InChI is InChI=1S/C22H27N5O5S/c1-14-8-15(10-23-9-14)20-24-25-21(26-33(29)11-18(28)22(2)12-32-13-22)27(20)19-16(30-3)6-5-7-17(19)31-4/h5-10,18,28H,11-13H2,1-4H3,(H,25,26)/t18-,33?/m0/s1. The predicted molar refractivity (Wildman–Crippen MR) is 124 cm³/mol. The number of benzene rings is 1. The van der Waals surface area contributed by atoms with E-state index in [1.807, 2.05) is 26.0 Å². The second-order valence-electron chi connectivity index (χ2n) is 8.22. The first-order chi connectivity index (χ1) is 15.9. The number of pyridine rings is 1. The normalized spacial score (nSPS) is 16.5. The van der Waals surface area contributed by atoms with Crippen molar-refractivity contribution < 1.29 is 23.5 Å². The van der Waals surface area contributed by atoms with Crippen LogP contribution in [0.2, 0.25) is 0 Å². The van der Waals surface area contributed by atoms with Crippen molar-refractivity contribution in [3.05, 3.63) is 42.2 Å². The maximum absolute atomic E-state index is 12.9. The molecule has 0 spiro atoms. The Morgan fingerprint density at radius 3 is 2.52 bits per heavy atom. The Kier molecular flexibility index (Phi) is 6.63. The van der Waals surface area contributed by atoms with Gasteiger partial charge in [-0.05, 0) is 30.7 Å². The van der Waals surface area contributed by atoms with Crippen LogP contribution in [0.5, 0.6) is 11.5 Å². The first kappa shape index (κ1) is 23.1. The van der Waals surface area contributed by atoms with Gasteiger partial charge in [-0.15, -0.1) is 10.2 Å². The molecule has 1 aromatic carbocycles. The fraction of sp³-hybridized carbons (Fsp3) is 0.409. The molecule has 3 aromatic rings. The maximum Gasteiger partial charge on any atom is 0.241 e. The number of para-hydroxylation sites is 1. The zero-order valence-corrected chi connectivity index (χ0v) is 19.8. The highest BCUT2D eigenvalue weighted by molar-refractivity contribution is 7.86. The number of aliphatic hydroxyl groups is 1. The average molecular weight is 474 g/mol. The summed E-state index contributed by atoms with van der Waals surface area (Å²) < 4.78 is 33.9. The summed E-state index contributed by atoms with van der Waals surface area (Å²) >= 11 is 0. The molecule has 33 heavy (non-hydrogen) atoms. The van der Waals surface area contributed by atoms with Gasteiger partial charge >= 0.3 is 0 Å². The summed E-state index contributed by atoms with van der Waals surface area (Å²) in [6.45, 7) is 4.71. The van der Waals surface area contributed by atoms with Gasteiger partial charge in [-0.1, -0.05) is 13.0 Å². The number of anilines is 1. The molecule has 4 rings (SSSR count). The summed E-state index contributed by atoms with van der Waals surface area (Å²) in [6, 6.07) is 7.32. The summed E-state index contributed by atoms with van der Waals surface area (Å²) in [4.78, 5) is 4.26. The quantitative estimate of drug-likeness (QED) is 0.485. The maximum atomic E-state index is 12.9. The third-order valence-electron chi connectivity index (χ3n) is 5.60. The van der Waals surface area contributed by atoms with Gasteiger partial charge < -0.3 is 19.3 Å². The van der Waals surface area contributed by atoms with E-state index in [0.717, 1.165) is 5.56 Å². The van der Waals surface area contributed by atoms with Gasteiger partial charge in [0.05, 0.1) is 39.3 Å². The van der Waals surface area contributed by atoms with Crippen LogP contribution in [0, 0.1) is 12.3 Å². The molecular weight excluding hydrogens is 446 g/mol. The topological polar surface area (TPSA) is 121 Å². The smallest absolute Gasteiger partial charge is 0.241 e. The van der Waals surface area contributed by atoms with Crippen molar-refractivity contribution in [3.63, 3.8) is 0 Å². The van der Waals surface area contributed by atoms with E-state index < -0.39 is 22.5 Å². The van der Waals surface area contributed by atoms with Crippen molar-refractivity contribution in [3.8, 4) is 28.6 Å². The van der Waals surface area contributed by atoms with Crippen molar-refractivity contribution in [1.82, 2.24) is 19.7 Å². The molecule has 2 atom stereocenters. The van der Waals surface area contributed by atoms with Crippen LogP contribution in [0.3, 0.4) is 0 Å². The second kappa shape index (κ2) is 9.46. The molecule has 0 bridgehead atoms. The first-order valence-electron chi connectivity index (χ1n) is 10.4. The number of ether oxygens (including phenoxy) is 3. The van der Waals surface area contributed by atoms with Crippen LogP contribution >= 0.6 is 0 Å². The van der Waals surface area contributed by atoms with Crippen LogP contribution in [-0.4, -0.2) is 68.4 Å². The predicted octanol–water partition coefficient (Wildman–Crippen LogP) is 2.13. The van der Waals surface area contributed by atoms with E-state index in [9.17, 15) is 9.32 Å². The Hall–Kier alpha value is -3.02. The molecule has 176 valence electrons. The molecule has 0 radical (unpaired) electrons. The minimum absolute atomic E-state index is 0.0110. The highest BCUT2D eigenvalue weighted by atomic mass is 32.2. The average Bonchev–Trinajstić information content (AvgIpc) is 3.19. The highest BCUT2D eigenvalue weighted by Gasteiger charge is 2.41. The second-order valence-corrected chi connectivity index (χ2v) is 9.45. The molecule has 0 amide bonds. The van der Waals surface area contributed by atoms with E-state index in [0.29, 0.717) is 41.8 Å². The Morgan fingerprint density at radius 1 is 1.24 bits per heavy atom. The number of aliphatic hydroxyl groups excluding tert-OH is 1. The molecule has 11 heteroatoms. The summed E-state index contributed by atoms with van der Waals surface area (Å²) in [5.74, 6) is 1.73. The molecule has 1 fully saturated rings. The van der Waals surface area contributed by atoms with E-state index in [1.165, 1.54) is 0 Å². The summed E-state index contributed by atoms with van der Waals surface area (Å²) in [6.07, 6.45) is 2.63. The molecule has 1 aliphatic rings. The van der Waals surface area contributed by atoms with Crippen LogP contribution in [0.1, 0.15) is 12.5 Å². The van der Waals surface area contributed by atoms with Crippen LogP contribution in [0.15, 0.2) is 36.7 Å². The monoisotopic (exact) mass is 473 g/mol. The SMILES string of the molecule is COc1cccc(OC)c1-n1c(NS(=O)C[C@H](O)C2(C)COC2)nnc1-c1cncc(C)c1. The number of methoxy groups -OCH3 is 2. The minimum atomic E-state index is -1.64. The van der Waals surface area contributed by atoms with Gasteiger partial charge in [0.15, 0.2) is 5.82 Å². The molecule has 1 unspecified atom stereocenters. The van der Waals surface area contributed by atoms with Crippen molar-refractivity contribution >= 4 is 16.9 Å². The molecule has 2 N–H and O–H groups in total. The fourth-order valence-corrected chi connectivity index (χ4v) is 4.69. The largest absolute Gasteiger partial charge is 0.494 e. The van der Waals surface area contributed by atoms with Gasteiger partial charge in [0.1, 0.15) is 28.2 Å². The Bertz CT molecular complexity index is 1140. The zero-order valence-electron chi connectivity index (χ0n) is 18.9. The third-order valence-corrected chi connectivity index (χ3v) is 6.63. The molecule has 0 aliphatic carbocycles. The molecule has 1 saturated heterocycles. The van der Waals surface area contributed by atoms with Crippen LogP contribution in [-0.2, 0) is 15.7 Å². The van der Waals surface area contributed by atoms with Gasteiger partial charge in [0.2, 0.25) is 5.95 Å². The fourth-order valence-electron chi connectivity index (χ4n) is 3.58. The van der Waals surface area contributed by atoms with E-state index in [2.05, 4.69) is 19.9 Å². The number of hydrogen-bond donors (Lipinski definition) is 2. The number of aryl methyl sites for hydroxylation is 1. The van der Waals surface area contributed by atoms with Crippen molar-refractivity contribution in [2.45, 2.75) is 20.0 Å². The summed E-state index contributed by atoms with van der Waals surface area (Å²) in [7, 11) is 1.47. The lowest BCUT2D eigenvalue weighted by molar-refractivity contribution is -0.153. The molecule has 0 saturated carbocycles. The lowest BCUT2D eigenvalue weighted by atomic mass is 9.83. The van der Waals surface area contributed by atoms with Crippen LogP contribution in [0.25, 0.3) is 17.1 Å².